The maximum atomic E-state index is 12.3. The molecule has 0 aliphatic carbocycles. The molecule has 1 heterocycles. The van der Waals surface area contributed by atoms with E-state index in [0.29, 0.717) is 30.5 Å². The van der Waals surface area contributed by atoms with Gasteiger partial charge in [-0.1, -0.05) is 23.7 Å². The van der Waals surface area contributed by atoms with Crippen LogP contribution in [0.5, 0.6) is 5.75 Å². The third-order valence-electron chi connectivity index (χ3n) is 3.65. The summed E-state index contributed by atoms with van der Waals surface area (Å²) >= 11 is 6.19. The average Bonchev–Trinajstić information content (AvgIpc) is 2.51. The van der Waals surface area contributed by atoms with Crippen LogP contribution in [0.2, 0.25) is 5.02 Å². The molecule has 1 aromatic rings. The van der Waals surface area contributed by atoms with Crippen molar-refractivity contribution in [1.29, 1.82) is 0 Å². The Bertz CT molecular complexity index is 508. The van der Waals surface area contributed by atoms with Crippen molar-refractivity contribution in [2.75, 3.05) is 46.4 Å². The summed E-state index contributed by atoms with van der Waals surface area (Å²) in [5.74, 6) is 0.886. The minimum Gasteiger partial charge on any atom is -0.492 e. The number of hydrogen-bond acceptors (Lipinski definition) is 4. The van der Waals surface area contributed by atoms with Gasteiger partial charge in [-0.25, -0.2) is 0 Å². The fraction of sp³-hybridized carbons (Fsp3) is 0.562. The normalized spacial score (nSPS) is 14.5. The van der Waals surface area contributed by atoms with Crippen LogP contribution < -0.4 is 10.1 Å². The Morgan fingerprint density at radius 2 is 2.09 bits per heavy atom. The lowest BCUT2D eigenvalue weighted by Crippen LogP contribution is -2.49. The summed E-state index contributed by atoms with van der Waals surface area (Å²) in [6, 6.07) is 5.72. The number of nitrogens with zero attached hydrogens (tertiary/aromatic N) is 2. The number of ether oxygens (including phenoxy) is 1. The molecular weight excluding hydrogens is 337 g/mol. The van der Waals surface area contributed by atoms with E-state index in [1.807, 2.05) is 42.0 Å². The molecule has 1 amide bonds. The van der Waals surface area contributed by atoms with Crippen molar-refractivity contribution in [1.82, 2.24) is 15.1 Å². The lowest BCUT2D eigenvalue weighted by molar-refractivity contribution is -0.132. The zero-order valence-corrected chi connectivity index (χ0v) is 15.3. The third kappa shape index (κ3) is 5.84. The maximum absolute atomic E-state index is 12.3. The largest absolute Gasteiger partial charge is 0.492 e. The van der Waals surface area contributed by atoms with Crippen molar-refractivity contribution in [3.63, 3.8) is 0 Å². The molecule has 23 heavy (non-hydrogen) atoms. The highest BCUT2D eigenvalue weighted by Gasteiger charge is 2.18. The van der Waals surface area contributed by atoms with Gasteiger partial charge >= 0.3 is 0 Å². The van der Waals surface area contributed by atoms with Crippen molar-refractivity contribution in [3.8, 4) is 5.75 Å². The number of piperazine rings is 1. The standard InChI is InChI=1S/C16H24ClN3O2.ClH/c1-3-22-16-13(5-4-6-14(16)17)11-19(2)12-15(21)20-9-7-18-8-10-20;/h4-6,18H,3,7-12H2,1-2H3;1H. The summed E-state index contributed by atoms with van der Waals surface area (Å²) in [4.78, 5) is 16.2. The number of carbonyl (C=O) groups excluding carboxylic acids is 1. The SMILES string of the molecule is CCOc1c(Cl)cccc1CN(C)CC(=O)N1CCNCC1.Cl. The Morgan fingerprint density at radius 3 is 2.74 bits per heavy atom. The number of para-hydroxylation sites is 1. The molecule has 0 radical (unpaired) electrons. The molecule has 7 heteroatoms. The molecule has 0 spiro atoms. The van der Waals surface area contributed by atoms with Crippen LogP contribution in [0.1, 0.15) is 12.5 Å². The van der Waals surface area contributed by atoms with Gasteiger partial charge in [0.1, 0.15) is 5.75 Å². The minimum atomic E-state index is 0. The van der Waals surface area contributed by atoms with Crippen LogP contribution in [0.25, 0.3) is 0 Å². The van der Waals surface area contributed by atoms with Gasteiger partial charge in [-0.05, 0) is 20.0 Å². The number of halogens is 2. The van der Waals surface area contributed by atoms with Crippen molar-refractivity contribution in [2.45, 2.75) is 13.5 Å². The van der Waals surface area contributed by atoms with E-state index >= 15 is 0 Å². The van der Waals surface area contributed by atoms with Gasteiger partial charge in [0.25, 0.3) is 0 Å². The molecule has 5 nitrogen and oxygen atoms in total. The molecule has 1 aliphatic heterocycles. The first-order valence-electron chi connectivity index (χ1n) is 7.69. The fourth-order valence-electron chi connectivity index (χ4n) is 2.58. The van der Waals surface area contributed by atoms with E-state index in [-0.39, 0.29) is 18.3 Å². The van der Waals surface area contributed by atoms with E-state index < -0.39 is 0 Å². The van der Waals surface area contributed by atoms with E-state index in [9.17, 15) is 4.79 Å². The maximum Gasteiger partial charge on any atom is 0.236 e. The van der Waals surface area contributed by atoms with Gasteiger partial charge in [0.05, 0.1) is 18.2 Å². The van der Waals surface area contributed by atoms with Crippen LogP contribution in [0.4, 0.5) is 0 Å². The van der Waals surface area contributed by atoms with Crippen molar-refractivity contribution >= 4 is 29.9 Å². The van der Waals surface area contributed by atoms with Crippen LogP contribution in [-0.2, 0) is 11.3 Å². The van der Waals surface area contributed by atoms with Crippen LogP contribution in [0.15, 0.2) is 18.2 Å². The van der Waals surface area contributed by atoms with E-state index in [4.69, 9.17) is 16.3 Å². The van der Waals surface area contributed by atoms with Gasteiger partial charge in [0.2, 0.25) is 5.91 Å². The molecule has 130 valence electrons. The summed E-state index contributed by atoms with van der Waals surface area (Å²) in [5.41, 5.74) is 1.00. The van der Waals surface area contributed by atoms with Gasteiger partial charge in [-0.3, -0.25) is 9.69 Å². The Balaban J connectivity index is 0.00000264. The number of rotatable bonds is 6. The highest BCUT2D eigenvalue weighted by atomic mass is 35.5. The first-order valence-corrected chi connectivity index (χ1v) is 8.06. The molecule has 1 aromatic carbocycles. The molecule has 0 atom stereocenters. The van der Waals surface area contributed by atoms with E-state index in [2.05, 4.69) is 5.32 Å². The molecule has 0 bridgehead atoms. The molecule has 1 fully saturated rings. The van der Waals surface area contributed by atoms with Crippen LogP contribution >= 0.6 is 24.0 Å². The molecule has 0 saturated carbocycles. The van der Waals surface area contributed by atoms with E-state index in [1.165, 1.54) is 0 Å². The second kappa shape index (κ2) is 9.98. The number of hydrogen-bond donors (Lipinski definition) is 1. The molecule has 1 aliphatic rings. The second-order valence-electron chi connectivity index (χ2n) is 5.46. The van der Waals surface area contributed by atoms with Crippen molar-refractivity contribution in [3.05, 3.63) is 28.8 Å². The Labute approximate surface area is 149 Å². The number of likely N-dealkylation sites (N-methyl/N-ethyl adjacent to an activating group) is 1. The summed E-state index contributed by atoms with van der Waals surface area (Å²) in [5, 5.41) is 3.86. The number of nitrogens with one attached hydrogen (secondary N) is 1. The van der Waals surface area contributed by atoms with Crippen LogP contribution in [-0.4, -0.2) is 62.1 Å². The zero-order chi connectivity index (χ0) is 15.9. The average molecular weight is 362 g/mol. The number of benzene rings is 1. The minimum absolute atomic E-state index is 0. The molecule has 0 unspecified atom stereocenters. The number of amides is 1. The summed E-state index contributed by atoms with van der Waals surface area (Å²) in [6.45, 7) is 6.86. The molecule has 2 rings (SSSR count). The lowest BCUT2D eigenvalue weighted by Gasteiger charge is -2.29. The van der Waals surface area contributed by atoms with Crippen LogP contribution in [0, 0.1) is 0 Å². The first-order chi connectivity index (χ1) is 10.6. The fourth-order valence-corrected chi connectivity index (χ4v) is 2.82. The van der Waals surface area contributed by atoms with E-state index in [0.717, 1.165) is 31.7 Å². The van der Waals surface area contributed by atoms with Crippen LogP contribution in [0.3, 0.4) is 0 Å². The van der Waals surface area contributed by atoms with Gasteiger partial charge in [-0.15, -0.1) is 12.4 Å². The van der Waals surface area contributed by atoms with Crippen molar-refractivity contribution in [2.24, 2.45) is 0 Å². The topological polar surface area (TPSA) is 44.8 Å². The highest BCUT2D eigenvalue weighted by molar-refractivity contribution is 6.32. The summed E-state index contributed by atoms with van der Waals surface area (Å²) in [6.07, 6.45) is 0. The zero-order valence-electron chi connectivity index (χ0n) is 13.7. The van der Waals surface area contributed by atoms with Crippen molar-refractivity contribution < 1.29 is 9.53 Å². The second-order valence-corrected chi connectivity index (χ2v) is 5.87. The molecule has 0 aromatic heterocycles. The first kappa shape index (κ1) is 20.0. The smallest absolute Gasteiger partial charge is 0.236 e. The Morgan fingerprint density at radius 1 is 1.39 bits per heavy atom. The highest BCUT2D eigenvalue weighted by Crippen LogP contribution is 2.29. The Hall–Kier alpha value is -1.01. The van der Waals surface area contributed by atoms with Gasteiger partial charge in [-0.2, -0.15) is 0 Å². The third-order valence-corrected chi connectivity index (χ3v) is 3.95. The molecular formula is C16H25Cl2N3O2. The predicted octanol–water partition coefficient (Wildman–Crippen LogP) is 2.02. The summed E-state index contributed by atoms with van der Waals surface area (Å²) < 4.78 is 5.63. The van der Waals surface area contributed by atoms with Gasteiger partial charge < -0.3 is 15.0 Å². The van der Waals surface area contributed by atoms with Gasteiger partial charge in [0, 0.05) is 38.3 Å². The van der Waals surface area contributed by atoms with E-state index in [1.54, 1.807) is 0 Å². The summed E-state index contributed by atoms with van der Waals surface area (Å²) in [7, 11) is 1.94. The Kier molecular flexibility index (Phi) is 8.69. The quantitative estimate of drug-likeness (QED) is 0.841. The lowest BCUT2D eigenvalue weighted by atomic mass is 10.2. The number of carbonyl (C=O) groups is 1. The molecule has 1 N–H and O–H groups in total. The predicted molar refractivity (Wildman–Crippen MR) is 95.7 cm³/mol. The monoisotopic (exact) mass is 361 g/mol. The molecule has 1 saturated heterocycles. The van der Waals surface area contributed by atoms with Gasteiger partial charge in [0.15, 0.2) is 0 Å².